The van der Waals surface area contributed by atoms with Gasteiger partial charge in [0, 0.05) is 16.7 Å². The highest BCUT2D eigenvalue weighted by molar-refractivity contribution is 9.10. The van der Waals surface area contributed by atoms with E-state index in [0.29, 0.717) is 17.8 Å². The number of carbonyl (C=O) groups excluding carboxylic acids is 1. The summed E-state index contributed by atoms with van der Waals surface area (Å²) in [7, 11) is 0. The Morgan fingerprint density at radius 2 is 2.05 bits per heavy atom. The van der Waals surface area contributed by atoms with Gasteiger partial charge in [-0.1, -0.05) is 23.8 Å². The minimum Gasteiger partial charge on any atom is -0.399 e. The van der Waals surface area contributed by atoms with Crippen molar-refractivity contribution in [1.82, 2.24) is 5.32 Å². The summed E-state index contributed by atoms with van der Waals surface area (Å²) in [5.41, 5.74) is 9.08. The first kappa shape index (κ1) is 13.6. The van der Waals surface area contributed by atoms with Crippen molar-refractivity contribution in [2.45, 2.75) is 13.5 Å². The van der Waals surface area contributed by atoms with Crippen LogP contribution < -0.4 is 11.1 Å². The number of amides is 1. The number of anilines is 1. The van der Waals surface area contributed by atoms with Gasteiger partial charge in [0.2, 0.25) is 0 Å². The SMILES string of the molecule is Cc1ccc(Br)c(C(=O)NCc2cccc(N)c2)c1. The molecule has 3 nitrogen and oxygen atoms in total. The second kappa shape index (κ2) is 5.89. The van der Waals surface area contributed by atoms with E-state index in [0.717, 1.165) is 15.6 Å². The van der Waals surface area contributed by atoms with Gasteiger partial charge in [-0.2, -0.15) is 0 Å². The third kappa shape index (κ3) is 3.58. The number of hydrogen-bond donors (Lipinski definition) is 2. The zero-order chi connectivity index (χ0) is 13.8. The Balaban J connectivity index is 2.07. The van der Waals surface area contributed by atoms with Gasteiger partial charge in [-0.05, 0) is 52.7 Å². The Labute approximate surface area is 121 Å². The first-order valence-corrected chi connectivity index (χ1v) is 6.74. The normalized spacial score (nSPS) is 10.2. The van der Waals surface area contributed by atoms with Gasteiger partial charge in [0.25, 0.3) is 5.91 Å². The number of carbonyl (C=O) groups is 1. The summed E-state index contributed by atoms with van der Waals surface area (Å²) in [6.45, 7) is 2.42. The third-order valence-electron chi connectivity index (χ3n) is 2.77. The Morgan fingerprint density at radius 1 is 1.26 bits per heavy atom. The van der Waals surface area contributed by atoms with Crippen molar-refractivity contribution >= 4 is 27.5 Å². The van der Waals surface area contributed by atoms with Gasteiger partial charge in [0.15, 0.2) is 0 Å². The lowest BCUT2D eigenvalue weighted by Crippen LogP contribution is -2.23. The molecule has 2 rings (SSSR count). The molecule has 2 aromatic rings. The van der Waals surface area contributed by atoms with E-state index < -0.39 is 0 Å². The molecule has 4 heteroatoms. The fourth-order valence-electron chi connectivity index (χ4n) is 1.79. The summed E-state index contributed by atoms with van der Waals surface area (Å²) >= 11 is 3.39. The zero-order valence-electron chi connectivity index (χ0n) is 10.6. The van der Waals surface area contributed by atoms with E-state index in [1.54, 1.807) is 0 Å². The molecule has 0 spiro atoms. The van der Waals surface area contributed by atoms with E-state index in [4.69, 9.17) is 5.73 Å². The van der Waals surface area contributed by atoms with E-state index in [1.807, 2.05) is 49.4 Å². The van der Waals surface area contributed by atoms with Gasteiger partial charge in [-0.3, -0.25) is 4.79 Å². The molecule has 3 N–H and O–H groups in total. The Kier molecular flexibility index (Phi) is 4.22. The van der Waals surface area contributed by atoms with Crippen molar-refractivity contribution in [2.75, 3.05) is 5.73 Å². The van der Waals surface area contributed by atoms with Crippen LogP contribution in [-0.4, -0.2) is 5.91 Å². The van der Waals surface area contributed by atoms with E-state index in [9.17, 15) is 4.79 Å². The summed E-state index contributed by atoms with van der Waals surface area (Å²) in [6, 6.07) is 13.2. The molecule has 0 radical (unpaired) electrons. The summed E-state index contributed by atoms with van der Waals surface area (Å²) in [4.78, 5) is 12.1. The smallest absolute Gasteiger partial charge is 0.252 e. The number of halogens is 1. The van der Waals surface area contributed by atoms with Crippen LogP contribution >= 0.6 is 15.9 Å². The molecule has 0 aliphatic carbocycles. The van der Waals surface area contributed by atoms with Crippen LogP contribution in [0, 0.1) is 6.92 Å². The van der Waals surface area contributed by atoms with Crippen molar-refractivity contribution in [3.8, 4) is 0 Å². The second-order valence-corrected chi connectivity index (χ2v) is 5.27. The Hall–Kier alpha value is -1.81. The van der Waals surface area contributed by atoms with Crippen LogP contribution in [0.2, 0.25) is 0 Å². The van der Waals surface area contributed by atoms with Crippen LogP contribution in [0.5, 0.6) is 0 Å². The van der Waals surface area contributed by atoms with Gasteiger partial charge in [0.1, 0.15) is 0 Å². The quantitative estimate of drug-likeness (QED) is 0.853. The van der Waals surface area contributed by atoms with Crippen LogP contribution in [0.25, 0.3) is 0 Å². The number of benzene rings is 2. The number of rotatable bonds is 3. The number of nitrogen functional groups attached to an aromatic ring is 1. The molecule has 0 saturated heterocycles. The van der Waals surface area contributed by atoms with E-state index in [2.05, 4.69) is 21.2 Å². The Bertz CT molecular complexity index is 611. The zero-order valence-corrected chi connectivity index (χ0v) is 12.2. The van der Waals surface area contributed by atoms with Gasteiger partial charge in [0.05, 0.1) is 5.56 Å². The van der Waals surface area contributed by atoms with Gasteiger partial charge in [-0.15, -0.1) is 0 Å². The number of hydrogen-bond acceptors (Lipinski definition) is 2. The molecule has 2 aromatic carbocycles. The molecule has 0 unspecified atom stereocenters. The number of aryl methyl sites for hydroxylation is 1. The van der Waals surface area contributed by atoms with Crippen LogP contribution in [-0.2, 0) is 6.54 Å². The molecule has 0 atom stereocenters. The minimum atomic E-state index is -0.0991. The number of nitrogens with two attached hydrogens (primary N) is 1. The first-order chi connectivity index (χ1) is 9.06. The first-order valence-electron chi connectivity index (χ1n) is 5.95. The number of nitrogens with one attached hydrogen (secondary N) is 1. The largest absolute Gasteiger partial charge is 0.399 e. The van der Waals surface area contributed by atoms with Crippen LogP contribution in [0.4, 0.5) is 5.69 Å². The predicted molar refractivity (Wildman–Crippen MR) is 80.9 cm³/mol. The monoisotopic (exact) mass is 318 g/mol. The minimum absolute atomic E-state index is 0.0991. The van der Waals surface area contributed by atoms with Gasteiger partial charge >= 0.3 is 0 Å². The standard InChI is InChI=1S/C15H15BrN2O/c1-10-5-6-14(16)13(7-10)15(19)18-9-11-3-2-4-12(17)8-11/h2-8H,9,17H2,1H3,(H,18,19). The molecule has 0 saturated carbocycles. The van der Waals surface area contributed by atoms with Crippen LogP contribution in [0.15, 0.2) is 46.9 Å². The highest BCUT2D eigenvalue weighted by atomic mass is 79.9. The van der Waals surface area contributed by atoms with E-state index in [1.165, 1.54) is 0 Å². The lowest BCUT2D eigenvalue weighted by Gasteiger charge is -2.08. The summed E-state index contributed by atoms with van der Waals surface area (Å²) in [5, 5.41) is 2.89. The molecule has 0 aliphatic rings. The highest BCUT2D eigenvalue weighted by Crippen LogP contribution is 2.18. The third-order valence-corrected chi connectivity index (χ3v) is 3.46. The summed E-state index contributed by atoms with van der Waals surface area (Å²) in [6.07, 6.45) is 0. The molecule has 1 amide bonds. The molecule has 0 fully saturated rings. The fraction of sp³-hybridized carbons (Fsp3) is 0.133. The molecular weight excluding hydrogens is 304 g/mol. The molecular formula is C15H15BrN2O. The topological polar surface area (TPSA) is 55.1 Å². The van der Waals surface area contributed by atoms with E-state index in [-0.39, 0.29) is 5.91 Å². The fourth-order valence-corrected chi connectivity index (χ4v) is 2.22. The van der Waals surface area contributed by atoms with Crippen molar-refractivity contribution < 1.29 is 4.79 Å². The van der Waals surface area contributed by atoms with Gasteiger partial charge < -0.3 is 11.1 Å². The molecule has 0 aliphatic heterocycles. The lowest BCUT2D eigenvalue weighted by atomic mass is 10.1. The van der Waals surface area contributed by atoms with Gasteiger partial charge in [-0.25, -0.2) is 0 Å². The maximum Gasteiger partial charge on any atom is 0.252 e. The van der Waals surface area contributed by atoms with Crippen LogP contribution in [0.3, 0.4) is 0 Å². The predicted octanol–water partition coefficient (Wildman–Crippen LogP) is 3.27. The maximum atomic E-state index is 12.1. The van der Waals surface area contributed by atoms with E-state index >= 15 is 0 Å². The molecule has 0 bridgehead atoms. The van der Waals surface area contributed by atoms with Crippen molar-refractivity contribution in [3.63, 3.8) is 0 Å². The molecule has 0 heterocycles. The second-order valence-electron chi connectivity index (χ2n) is 4.41. The van der Waals surface area contributed by atoms with Crippen molar-refractivity contribution in [3.05, 3.63) is 63.6 Å². The molecule has 98 valence electrons. The highest BCUT2D eigenvalue weighted by Gasteiger charge is 2.09. The maximum absolute atomic E-state index is 12.1. The summed E-state index contributed by atoms with van der Waals surface area (Å²) < 4.78 is 0.795. The van der Waals surface area contributed by atoms with Crippen molar-refractivity contribution in [2.24, 2.45) is 0 Å². The Morgan fingerprint density at radius 3 is 2.79 bits per heavy atom. The average Bonchev–Trinajstić information content (AvgIpc) is 2.39. The summed E-state index contributed by atoms with van der Waals surface area (Å²) in [5.74, 6) is -0.0991. The van der Waals surface area contributed by atoms with Crippen molar-refractivity contribution in [1.29, 1.82) is 0 Å². The van der Waals surface area contributed by atoms with Crippen LogP contribution in [0.1, 0.15) is 21.5 Å². The molecule has 19 heavy (non-hydrogen) atoms. The lowest BCUT2D eigenvalue weighted by molar-refractivity contribution is 0.0950. The average molecular weight is 319 g/mol. The molecule has 0 aromatic heterocycles.